The Morgan fingerprint density at radius 1 is 0.795 bits per heavy atom. The molecule has 1 atom stereocenters. The van der Waals surface area contributed by atoms with Crippen LogP contribution in [0.15, 0.2) is 110 Å². The molecule has 218 valence electrons. The number of para-hydroxylation sites is 2. The van der Waals surface area contributed by atoms with Crippen molar-refractivity contribution < 1.29 is 4.79 Å². The predicted molar refractivity (Wildman–Crippen MR) is 173 cm³/mol. The van der Waals surface area contributed by atoms with Crippen molar-refractivity contribution >= 4 is 27.7 Å². The first-order valence-electron chi connectivity index (χ1n) is 15.0. The summed E-state index contributed by atoms with van der Waals surface area (Å²) in [6, 6.07) is 29.9. The molecule has 44 heavy (non-hydrogen) atoms. The minimum absolute atomic E-state index is 0.258. The maximum atomic E-state index is 13.5. The van der Waals surface area contributed by atoms with Gasteiger partial charge in [0.2, 0.25) is 0 Å². The maximum absolute atomic E-state index is 13.5. The monoisotopic (exact) mass is 579 g/mol. The standard InChI is InChI=1S/C36H33N7O/c1-2-24-14-17-27(18-15-24)43-34(19-16-25-22-38-30-11-5-3-9-28(25)30)41-42-35(43)33(40-36(44)32-13-7-8-20-37-32)21-26-23-39-31-12-6-4-10-29(26)31/h3-15,17-18,20,22-23,33,38-39H,2,16,19,21H2,1H3,(H,40,44). The van der Waals surface area contributed by atoms with E-state index in [0.29, 0.717) is 24.4 Å². The van der Waals surface area contributed by atoms with Crippen molar-refractivity contribution in [2.45, 2.75) is 38.6 Å². The molecule has 8 nitrogen and oxygen atoms in total. The van der Waals surface area contributed by atoms with Crippen LogP contribution in [-0.2, 0) is 25.7 Å². The molecule has 3 aromatic carbocycles. The molecule has 0 bridgehead atoms. The van der Waals surface area contributed by atoms with E-state index in [9.17, 15) is 4.79 Å². The lowest BCUT2D eigenvalue weighted by Gasteiger charge is -2.20. The third kappa shape index (κ3) is 5.38. The Morgan fingerprint density at radius 2 is 1.48 bits per heavy atom. The topological polar surface area (TPSA) is 104 Å². The summed E-state index contributed by atoms with van der Waals surface area (Å²) in [7, 11) is 0. The fourth-order valence-corrected chi connectivity index (χ4v) is 5.92. The Kier molecular flexibility index (Phi) is 7.46. The quantitative estimate of drug-likeness (QED) is 0.168. The number of nitrogens with zero attached hydrogens (tertiary/aromatic N) is 4. The number of rotatable bonds is 10. The molecule has 0 aliphatic carbocycles. The zero-order valence-electron chi connectivity index (χ0n) is 24.5. The third-order valence-electron chi connectivity index (χ3n) is 8.26. The van der Waals surface area contributed by atoms with Crippen LogP contribution >= 0.6 is 0 Å². The van der Waals surface area contributed by atoms with Crippen LogP contribution in [0, 0.1) is 0 Å². The third-order valence-corrected chi connectivity index (χ3v) is 8.26. The first kappa shape index (κ1) is 27.3. The van der Waals surface area contributed by atoms with E-state index in [-0.39, 0.29) is 5.91 Å². The van der Waals surface area contributed by atoms with Crippen LogP contribution in [0.4, 0.5) is 0 Å². The summed E-state index contributed by atoms with van der Waals surface area (Å²) < 4.78 is 2.12. The van der Waals surface area contributed by atoms with Gasteiger partial charge in [0.1, 0.15) is 11.5 Å². The van der Waals surface area contributed by atoms with Gasteiger partial charge in [-0.25, -0.2) is 0 Å². The summed E-state index contributed by atoms with van der Waals surface area (Å²) in [6.07, 6.45) is 8.67. The van der Waals surface area contributed by atoms with Gasteiger partial charge in [0.15, 0.2) is 5.82 Å². The minimum atomic E-state index is -0.469. The molecule has 4 aromatic heterocycles. The van der Waals surface area contributed by atoms with Gasteiger partial charge in [-0.1, -0.05) is 61.5 Å². The molecule has 0 aliphatic rings. The lowest BCUT2D eigenvalue weighted by Crippen LogP contribution is -2.32. The SMILES string of the molecule is CCc1ccc(-n2c(CCc3c[nH]c4ccccc34)nnc2C(Cc2c[nH]c3ccccc23)NC(=O)c2ccccn2)cc1. The first-order valence-corrected chi connectivity index (χ1v) is 15.0. The molecule has 1 amide bonds. The summed E-state index contributed by atoms with van der Waals surface area (Å²) >= 11 is 0. The van der Waals surface area contributed by atoms with Gasteiger partial charge in [0.25, 0.3) is 5.91 Å². The van der Waals surface area contributed by atoms with Gasteiger partial charge in [-0.2, -0.15) is 0 Å². The smallest absolute Gasteiger partial charge is 0.270 e. The second-order valence-electron chi connectivity index (χ2n) is 11.0. The molecule has 7 rings (SSSR count). The number of carbonyl (C=O) groups excluding carboxylic acids is 1. The molecule has 0 fully saturated rings. The molecule has 8 heteroatoms. The number of nitrogens with one attached hydrogen (secondary N) is 3. The van der Waals surface area contributed by atoms with E-state index in [4.69, 9.17) is 10.2 Å². The Bertz CT molecular complexity index is 2040. The molecule has 1 unspecified atom stereocenters. The van der Waals surface area contributed by atoms with Crippen LogP contribution in [0.3, 0.4) is 0 Å². The van der Waals surface area contributed by atoms with E-state index < -0.39 is 6.04 Å². The van der Waals surface area contributed by atoms with Crippen LogP contribution in [0.25, 0.3) is 27.5 Å². The Balaban J connectivity index is 1.30. The highest BCUT2D eigenvalue weighted by Gasteiger charge is 2.26. The number of aromatic nitrogens is 6. The zero-order chi connectivity index (χ0) is 29.9. The number of amides is 1. The number of hydrogen-bond acceptors (Lipinski definition) is 4. The number of pyridine rings is 1. The van der Waals surface area contributed by atoms with Crippen molar-refractivity contribution in [3.63, 3.8) is 0 Å². The normalized spacial score (nSPS) is 12.1. The van der Waals surface area contributed by atoms with Crippen LogP contribution in [0.2, 0.25) is 0 Å². The Morgan fingerprint density at radius 3 is 2.18 bits per heavy atom. The number of H-pyrrole nitrogens is 2. The van der Waals surface area contributed by atoms with E-state index in [0.717, 1.165) is 46.3 Å². The summed E-state index contributed by atoms with van der Waals surface area (Å²) in [5, 5.41) is 15.1. The van der Waals surface area contributed by atoms with Gasteiger partial charge in [0.05, 0.1) is 6.04 Å². The molecule has 0 saturated carbocycles. The van der Waals surface area contributed by atoms with E-state index >= 15 is 0 Å². The summed E-state index contributed by atoms with van der Waals surface area (Å²) in [4.78, 5) is 24.6. The molecule has 0 radical (unpaired) electrons. The number of aryl methyl sites for hydroxylation is 3. The first-order chi connectivity index (χ1) is 21.7. The number of carbonyl (C=O) groups is 1. The molecular weight excluding hydrogens is 546 g/mol. The van der Waals surface area contributed by atoms with Crippen molar-refractivity contribution in [1.82, 2.24) is 35.0 Å². The highest BCUT2D eigenvalue weighted by molar-refractivity contribution is 5.92. The molecule has 4 heterocycles. The van der Waals surface area contributed by atoms with Gasteiger partial charge in [0, 0.05) is 58.9 Å². The van der Waals surface area contributed by atoms with Crippen molar-refractivity contribution in [1.29, 1.82) is 0 Å². The molecule has 0 saturated heterocycles. The predicted octanol–water partition coefficient (Wildman–Crippen LogP) is 6.69. The molecule has 0 aliphatic heterocycles. The van der Waals surface area contributed by atoms with Gasteiger partial charge in [-0.3, -0.25) is 14.3 Å². The lowest BCUT2D eigenvalue weighted by molar-refractivity contribution is 0.0929. The van der Waals surface area contributed by atoms with Gasteiger partial charge >= 0.3 is 0 Å². The van der Waals surface area contributed by atoms with Crippen molar-refractivity contribution in [3.8, 4) is 5.69 Å². The summed E-state index contributed by atoms with van der Waals surface area (Å²) in [5.41, 5.74) is 7.06. The molecular formula is C36H33N7O. The van der Waals surface area contributed by atoms with E-state index in [1.54, 1.807) is 18.3 Å². The highest BCUT2D eigenvalue weighted by Crippen LogP contribution is 2.28. The van der Waals surface area contributed by atoms with Gasteiger partial charge < -0.3 is 15.3 Å². The molecule has 7 aromatic rings. The second kappa shape index (κ2) is 12.0. The van der Waals surface area contributed by atoms with Crippen LogP contribution in [-0.4, -0.2) is 35.6 Å². The second-order valence-corrected chi connectivity index (χ2v) is 11.0. The van der Waals surface area contributed by atoms with E-state index in [1.165, 1.54) is 16.5 Å². The Labute approximate surface area is 255 Å². The lowest BCUT2D eigenvalue weighted by atomic mass is 10.0. The average Bonchev–Trinajstić information content (AvgIpc) is 3.81. The summed E-state index contributed by atoms with van der Waals surface area (Å²) in [5.74, 6) is 1.26. The fraction of sp³-hybridized carbons (Fsp3) is 0.167. The largest absolute Gasteiger partial charge is 0.361 e. The van der Waals surface area contributed by atoms with Gasteiger partial charge in [-0.15, -0.1) is 10.2 Å². The average molecular weight is 580 g/mol. The Hall–Kier alpha value is -5.50. The number of hydrogen-bond donors (Lipinski definition) is 3. The highest BCUT2D eigenvalue weighted by atomic mass is 16.2. The molecule has 0 spiro atoms. The van der Waals surface area contributed by atoms with Crippen molar-refractivity contribution in [2.75, 3.05) is 0 Å². The van der Waals surface area contributed by atoms with Crippen molar-refractivity contribution in [2.24, 2.45) is 0 Å². The fourth-order valence-electron chi connectivity index (χ4n) is 5.92. The zero-order valence-corrected chi connectivity index (χ0v) is 24.5. The van der Waals surface area contributed by atoms with Gasteiger partial charge in [-0.05, 0) is 65.9 Å². The van der Waals surface area contributed by atoms with Crippen LogP contribution in [0.1, 0.15) is 51.8 Å². The molecule has 3 N–H and O–H groups in total. The van der Waals surface area contributed by atoms with E-state index in [1.807, 2.05) is 30.5 Å². The summed E-state index contributed by atoms with van der Waals surface area (Å²) in [6.45, 7) is 2.15. The number of aromatic amines is 2. The number of fused-ring (bicyclic) bond motifs is 2. The van der Waals surface area contributed by atoms with Crippen LogP contribution < -0.4 is 5.32 Å². The maximum Gasteiger partial charge on any atom is 0.270 e. The van der Waals surface area contributed by atoms with Crippen molar-refractivity contribution in [3.05, 3.63) is 144 Å². The number of benzene rings is 3. The van der Waals surface area contributed by atoms with Crippen LogP contribution in [0.5, 0.6) is 0 Å². The van der Waals surface area contributed by atoms with E-state index in [2.05, 4.69) is 92.6 Å². The minimum Gasteiger partial charge on any atom is -0.361 e.